The quantitative estimate of drug-likeness (QED) is 0.232. The van der Waals surface area contributed by atoms with Crippen molar-refractivity contribution in [2.75, 3.05) is 19.1 Å². The molecule has 1 heterocycles. The first-order chi connectivity index (χ1) is 16.9. The van der Waals surface area contributed by atoms with E-state index >= 15 is 0 Å². The van der Waals surface area contributed by atoms with Crippen molar-refractivity contribution in [1.82, 2.24) is 5.32 Å². The van der Waals surface area contributed by atoms with Gasteiger partial charge in [0.1, 0.15) is 17.1 Å². The molecule has 0 unspecified atom stereocenters. The van der Waals surface area contributed by atoms with Crippen LogP contribution in [0.5, 0.6) is 23.0 Å². The summed E-state index contributed by atoms with van der Waals surface area (Å²) in [6, 6.07) is 20.4. The summed E-state index contributed by atoms with van der Waals surface area (Å²) in [5.41, 5.74) is 0.283. The van der Waals surface area contributed by atoms with E-state index in [0.29, 0.717) is 28.7 Å². The largest absolute Gasteiger partial charge is 0.493 e. The van der Waals surface area contributed by atoms with Gasteiger partial charge in [0.05, 0.1) is 19.9 Å². The number of nitrogens with one attached hydrogen (secondary N) is 1. The highest BCUT2D eigenvalue weighted by molar-refractivity contribution is 7.80. The normalized spacial score (nSPS) is 14.5. The highest BCUT2D eigenvalue weighted by Gasteiger charge is 2.35. The summed E-state index contributed by atoms with van der Waals surface area (Å²) in [5, 5.41) is 2.37. The fourth-order valence-corrected chi connectivity index (χ4v) is 3.66. The molecule has 0 radical (unpaired) electrons. The van der Waals surface area contributed by atoms with Crippen LogP contribution < -0.4 is 24.4 Å². The third kappa shape index (κ3) is 5.04. The number of amides is 2. The molecule has 1 saturated heterocycles. The maximum absolute atomic E-state index is 13.2. The van der Waals surface area contributed by atoms with Crippen molar-refractivity contribution in [2.45, 2.75) is 0 Å². The zero-order valence-corrected chi connectivity index (χ0v) is 19.6. The van der Waals surface area contributed by atoms with Gasteiger partial charge in [-0.3, -0.25) is 24.6 Å². The van der Waals surface area contributed by atoms with Crippen LogP contribution in [0.1, 0.15) is 10.4 Å². The van der Waals surface area contributed by atoms with E-state index in [1.807, 2.05) is 30.3 Å². The van der Waals surface area contributed by atoms with Crippen molar-refractivity contribution in [3.05, 3.63) is 90.0 Å². The van der Waals surface area contributed by atoms with Gasteiger partial charge in [0.2, 0.25) is 0 Å². The lowest BCUT2D eigenvalue weighted by molar-refractivity contribution is -0.122. The van der Waals surface area contributed by atoms with Crippen molar-refractivity contribution in [1.29, 1.82) is 0 Å². The Morgan fingerprint density at radius 2 is 1.54 bits per heavy atom. The summed E-state index contributed by atoms with van der Waals surface area (Å²) < 4.78 is 16.2. The van der Waals surface area contributed by atoms with Crippen LogP contribution in [0.25, 0.3) is 0 Å². The number of anilines is 1. The number of carbonyl (C=O) groups excluding carboxylic acids is 3. The minimum Gasteiger partial charge on any atom is -0.493 e. The molecule has 0 saturated carbocycles. The summed E-state index contributed by atoms with van der Waals surface area (Å²) in [6.45, 7) is 0. The molecule has 176 valence electrons. The first kappa shape index (κ1) is 23.7. The Morgan fingerprint density at radius 1 is 0.886 bits per heavy atom. The van der Waals surface area contributed by atoms with Crippen molar-refractivity contribution < 1.29 is 28.6 Å². The molecule has 8 nitrogen and oxygen atoms in total. The van der Waals surface area contributed by atoms with Gasteiger partial charge in [0, 0.05) is 11.6 Å². The zero-order chi connectivity index (χ0) is 24.9. The van der Waals surface area contributed by atoms with Crippen LogP contribution in [0.2, 0.25) is 0 Å². The highest BCUT2D eigenvalue weighted by atomic mass is 32.1. The number of methoxy groups -OCH3 is 2. The maximum atomic E-state index is 13.2. The fraction of sp³-hybridized carbons (Fsp3) is 0.0769. The van der Waals surface area contributed by atoms with E-state index in [0.717, 1.165) is 11.0 Å². The average molecular weight is 489 g/mol. The van der Waals surface area contributed by atoms with Crippen molar-refractivity contribution >= 4 is 40.6 Å². The maximum Gasteiger partial charge on any atom is 0.270 e. The van der Waals surface area contributed by atoms with Crippen LogP contribution >= 0.6 is 12.2 Å². The average Bonchev–Trinajstić information content (AvgIpc) is 2.87. The van der Waals surface area contributed by atoms with Gasteiger partial charge in [-0.05, 0) is 66.8 Å². The molecule has 0 atom stereocenters. The zero-order valence-electron chi connectivity index (χ0n) is 18.8. The monoisotopic (exact) mass is 488 g/mol. The number of ether oxygens (including phenoxy) is 3. The number of rotatable bonds is 7. The minimum absolute atomic E-state index is 0.0903. The Balaban J connectivity index is 1.58. The number of carbonyl (C=O) groups is 3. The van der Waals surface area contributed by atoms with Gasteiger partial charge in [-0.15, -0.1) is 0 Å². The Morgan fingerprint density at radius 3 is 2.20 bits per heavy atom. The first-order valence-electron chi connectivity index (χ1n) is 10.4. The van der Waals surface area contributed by atoms with Crippen LogP contribution in [0.4, 0.5) is 5.69 Å². The molecule has 4 rings (SSSR count). The summed E-state index contributed by atoms with van der Waals surface area (Å²) in [4.78, 5) is 39.7. The van der Waals surface area contributed by atoms with E-state index in [9.17, 15) is 14.4 Å². The van der Waals surface area contributed by atoms with Gasteiger partial charge in [-0.25, -0.2) is 0 Å². The summed E-state index contributed by atoms with van der Waals surface area (Å²) in [6.07, 6.45) is 0.987. The SMILES string of the molecule is COc1ccc(C(=O)C=C2C(=O)NC(=S)N(c3ccc(Oc4ccccc4)cc3)C2=O)cc1OC. The standard InChI is InChI=1S/C26H20N2O6S/c1-32-22-13-8-16(14-23(22)33-2)21(29)15-20-24(30)27-26(35)28(25(20)31)17-9-11-19(12-10-17)34-18-6-4-3-5-7-18/h3-15H,1-2H3,(H,27,30,35). The Hall–Kier alpha value is -4.50. The predicted octanol–water partition coefficient (Wildman–Crippen LogP) is 4.05. The van der Waals surface area contributed by atoms with Gasteiger partial charge in [-0.2, -0.15) is 0 Å². The topological polar surface area (TPSA) is 94.2 Å². The second-order valence-corrected chi connectivity index (χ2v) is 7.69. The smallest absolute Gasteiger partial charge is 0.270 e. The summed E-state index contributed by atoms with van der Waals surface area (Å²) >= 11 is 5.22. The number of ketones is 1. The van der Waals surface area contributed by atoms with Crippen LogP contribution in [-0.4, -0.2) is 36.9 Å². The number of thiocarbonyl (C=S) groups is 1. The van der Waals surface area contributed by atoms with Crippen molar-refractivity contribution in [3.63, 3.8) is 0 Å². The molecular weight excluding hydrogens is 468 g/mol. The Kier molecular flexibility index (Phi) is 6.88. The van der Waals surface area contributed by atoms with E-state index < -0.39 is 17.6 Å². The molecular formula is C26H20N2O6S. The van der Waals surface area contributed by atoms with Gasteiger partial charge in [0.25, 0.3) is 11.8 Å². The molecule has 9 heteroatoms. The number of hydrogen-bond donors (Lipinski definition) is 1. The molecule has 1 N–H and O–H groups in total. The second-order valence-electron chi connectivity index (χ2n) is 7.30. The van der Waals surface area contributed by atoms with E-state index in [4.69, 9.17) is 26.4 Å². The molecule has 3 aromatic rings. The number of hydrogen-bond acceptors (Lipinski definition) is 7. The lowest BCUT2D eigenvalue weighted by atomic mass is 10.0. The number of para-hydroxylation sites is 1. The third-order valence-electron chi connectivity index (χ3n) is 5.12. The molecule has 35 heavy (non-hydrogen) atoms. The first-order valence-corrected chi connectivity index (χ1v) is 10.8. The molecule has 1 fully saturated rings. The molecule has 1 aliphatic heterocycles. The van der Waals surface area contributed by atoms with E-state index in [1.54, 1.807) is 30.3 Å². The Bertz CT molecular complexity index is 1340. The highest BCUT2D eigenvalue weighted by Crippen LogP contribution is 2.29. The van der Waals surface area contributed by atoms with Crippen LogP contribution in [-0.2, 0) is 9.59 Å². The molecule has 0 bridgehead atoms. The molecule has 3 aromatic carbocycles. The Labute approximate surface area is 206 Å². The van der Waals surface area contributed by atoms with E-state index in [2.05, 4.69) is 5.32 Å². The van der Waals surface area contributed by atoms with E-state index in [-0.39, 0.29) is 16.2 Å². The lowest BCUT2D eigenvalue weighted by Gasteiger charge is -2.28. The van der Waals surface area contributed by atoms with Crippen molar-refractivity contribution in [2.24, 2.45) is 0 Å². The minimum atomic E-state index is -0.755. The number of benzene rings is 3. The van der Waals surface area contributed by atoms with Gasteiger partial charge in [0.15, 0.2) is 22.4 Å². The number of nitrogens with zero attached hydrogens (tertiary/aromatic N) is 1. The lowest BCUT2D eigenvalue weighted by Crippen LogP contribution is -2.54. The van der Waals surface area contributed by atoms with Crippen LogP contribution in [0.3, 0.4) is 0 Å². The number of allylic oxidation sites excluding steroid dienone is 1. The van der Waals surface area contributed by atoms with E-state index in [1.165, 1.54) is 26.4 Å². The molecule has 0 aromatic heterocycles. The molecule has 2 amide bonds. The molecule has 0 spiro atoms. The predicted molar refractivity (Wildman–Crippen MR) is 133 cm³/mol. The summed E-state index contributed by atoms with van der Waals surface area (Å²) in [5.74, 6) is -0.0202. The van der Waals surface area contributed by atoms with Gasteiger partial charge >= 0.3 is 0 Å². The third-order valence-corrected chi connectivity index (χ3v) is 5.40. The van der Waals surface area contributed by atoms with Crippen molar-refractivity contribution in [3.8, 4) is 23.0 Å². The fourth-order valence-electron chi connectivity index (χ4n) is 3.38. The van der Waals surface area contributed by atoms with Crippen LogP contribution in [0, 0.1) is 0 Å². The summed E-state index contributed by atoms with van der Waals surface area (Å²) in [7, 11) is 2.92. The van der Waals surface area contributed by atoms with Crippen LogP contribution in [0.15, 0.2) is 84.4 Å². The molecule has 0 aliphatic carbocycles. The van der Waals surface area contributed by atoms with Gasteiger partial charge in [-0.1, -0.05) is 18.2 Å². The second kappa shape index (κ2) is 10.2. The molecule has 1 aliphatic rings. The van der Waals surface area contributed by atoms with Gasteiger partial charge < -0.3 is 14.2 Å².